The summed E-state index contributed by atoms with van der Waals surface area (Å²) in [7, 11) is 0. The maximum atomic E-state index is 12.9. The third-order valence-electron chi connectivity index (χ3n) is 2.62. The van der Waals surface area contributed by atoms with Crippen LogP contribution in [0.3, 0.4) is 0 Å². The molecule has 1 aromatic rings. The van der Waals surface area contributed by atoms with Crippen molar-refractivity contribution < 1.29 is 9.18 Å². The summed E-state index contributed by atoms with van der Waals surface area (Å²) in [5.74, 6) is -0.479. The molecule has 0 fully saturated rings. The van der Waals surface area contributed by atoms with E-state index in [1.807, 2.05) is 13.8 Å². The van der Waals surface area contributed by atoms with E-state index < -0.39 is 5.82 Å². The van der Waals surface area contributed by atoms with Crippen LogP contribution < -0.4 is 10.6 Å². The largest absolute Gasteiger partial charge is 0.353 e. The standard InChI is InChI=1S/C13H18ClFN2O/c1-3-9(2)17-13(18)8-16-7-10-4-5-12(15)11(14)6-10/h4-6,9,16H,3,7-8H2,1-2H3,(H,17,18). The maximum absolute atomic E-state index is 12.9. The van der Waals surface area contributed by atoms with Crippen molar-refractivity contribution in [1.29, 1.82) is 0 Å². The van der Waals surface area contributed by atoms with E-state index in [9.17, 15) is 9.18 Å². The first kappa shape index (κ1) is 14.9. The van der Waals surface area contributed by atoms with Crippen LogP contribution in [0.15, 0.2) is 18.2 Å². The first-order valence-corrected chi connectivity index (χ1v) is 6.34. The van der Waals surface area contributed by atoms with Gasteiger partial charge in [0, 0.05) is 12.6 Å². The predicted octanol–water partition coefficient (Wildman–Crippen LogP) is 2.48. The zero-order valence-corrected chi connectivity index (χ0v) is 11.4. The molecular weight excluding hydrogens is 255 g/mol. The van der Waals surface area contributed by atoms with Crippen molar-refractivity contribution in [2.24, 2.45) is 0 Å². The molecule has 0 spiro atoms. The lowest BCUT2D eigenvalue weighted by Crippen LogP contribution is -2.38. The van der Waals surface area contributed by atoms with Crippen molar-refractivity contribution in [3.63, 3.8) is 0 Å². The number of benzene rings is 1. The van der Waals surface area contributed by atoms with Crippen LogP contribution in [0, 0.1) is 5.82 Å². The summed E-state index contributed by atoms with van der Waals surface area (Å²) in [5.41, 5.74) is 0.845. The van der Waals surface area contributed by atoms with Crippen molar-refractivity contribution >= 4 is 17.5 Å². The minimum absolute atomic E-state index is 0.0439. The van der Waals surface area contributed by atoms with Gasteiger partial charge in [-0.2, -0.15) is 0 Å². The first-order chi connectivity index (χ1) is 8.52. The Morgan fingerprint density at radius 1 is 1.50 bits per heavy atom. The van der Waals surface area contributed by atoms with E-state index in [0.29, 0.717) is 6.54 Å². The van der Waals surface area contributed by atoms with Gasteiger partial charge in [-0.25, -0.2) is 4.39 Å². The van der Waals surface area contributed by atoms with Crippen molar-refractivity contribution in [3.05, 3.63) is 34.6 Å². The lowest BCUT2D eigenvalue weighted by Gasteiger charge is -2.11. The highest BCUT2D eigenvalue weighted by molar-refractivity contribution is 6.30. The molecule has 5 heteroatoms. The van der Waals surface area contributed by atoms with E-state index in [4.69, 9.17) is 11.6 Å². The summed E-state index contributed by atoms with van der Waals surface area (Å²) < 4.78 is 12.9. The SMILES string of the molecule is CCC(C)NC(=O)CNCc1ccc(F)c(Cl)c1. The van der Waals surface area contributed by atoms with Crippen LogP contribution >= 0.6 is 11.6 Å². The van der Waals surface area contributed by atoms with Crippen LogP contribution in [-0.2, 0) is 11.3 Å². The molecule has 1 atom stereocenters. The fraction of sp³-hybridized carbons (Fsp3) is 0.462. The molecule has 0 aliphatic carbocycles. The van der Waals surface area contributed by atoms with Crippen molar-refractivity contribution in [3.8, 4) is 0 Å². The number of carbonyl (C=O) groups excluding carboxylic acids is 1. The number of hydrogen-bond donors (Lipinski definition) is 2. The number of rotatable bonds is 6. The molecule has 0 heterocycles. The minimum Gasteiger partial charge on any atom is -0.353 e. The lowest BCUT2D eigenvalue weighted by atomic mass is 10.2. The van der Waals surface area contributed by atoms with Gasteiger partial charge in [0.05, 0.1) is 11.6 Å². The van der Waals surface area contributed by atoms with Gasteiger partial charge in [-0.15, -0.1) is 0 Å². The monoisotopic (exact) mass is 272 g/mol. The van der Waals surface area contributed by atoms with E-state index in [1.54, 1.807) is 12.1 Å². The van der Waals surface area contributed by atoms with Crippen LogP contribution in [-0.4, -0.2) is 18.5 Å². The molecule has 0 saturated carbocycles. The van der Waals surface area contributed by atoms with E-state index >= 15 is 0 Å². The summed E-state index contributed by atoms with van der Waals surface area (Å²) >= 11 is 5.66. The van der Waals surface area contributed by atoms with Gasteiger partial charge in [0.2, 0.25) is 5.91 Å². The van der Waals surface area contributed by atoms with Gasteiger partial charge in [0.25, 0.3) is 0 Å². The van der Waals surface area contributed by atoms with Crippen molar-refractivity contribution in [1.82, 2.24) is 10.6 Å². The van der Waals surface area contributed by atoms with Gasteiger partial charge in [-0.3, -0.25) is 4.79 Å². The second-order valence-corrected chi connectivity index (χ2v) is 4.64. The smallest absolute Gasteiger partial charge is 0.234 e. The molecule has 0 bridgehead atoms. The summed E-state index contributed by atoms with van der Waals surface area (Å²) in [4.78, 5) is 11.5. The highest BCUT2D eigenvalue weighted by Gasteiger charge is 2.05. The summed E-state index contributed by atoms with van der Waals surface area (Å²) in [6.07, 6.45) is 0.902. The molecule has 0 saturated heterocycles. The molecule has 0 aliphatic rings. The molecule has 1 aromatic carbocycles. The van der Waals surface area contributed by atoms with E-state index in [-0.39, 0.29) is 23.5 Å². The first-order valence-electron chi connectivity index (χ1n) is 5.97. The molecule has 0 radical (unpaired) electrons. The number of hydrogen-bond acceptors (Lipinski definition) is 2. The Morgan fingerprint density at radius 3 is 2.83 bits per heavy atom. The van der Waals surface area contributed by atoms with Gasteiger partial charge >= 0.3 is 0 Å². The second kappa shape index (κ2) is 7.34. The molecule has 2 N–H and O–H groups in total. The minimum atomic E-state index is -0.435. The van der Waals surface area contributed by atoms with Crippen LogP contribution in [0.25, 0.3) is 0 Å². The van der Waals surface area contributed by atoms with E-state index in [2.05, 4.69) is 10.6 Å². The van der Waals surface area contributed by atoms with Crippen molar-refractivity contribution in [2.45, 2.75) is 32.9 Å². The van der Waals surface area contributed by atoms with E-state index in [0.717, 1.165) is 12.0 Å². The molecule has 0 aromatic heterocycles. The van der Waals surface area contributed by atoms with Crippen LogP contribution in [0.5, 0.6) is 0 Å². The predicted molar refractivity (Wildman–Crippen MR) is 71.0 cm³/mol. The molecule has 3 nitrogen and oxygen atoms in total. The normalized spacial score (nSPS) is 12.2. The highest BCUT2D eigenvalue weighted by Crippen LogP contribution is 2.15. The second-order valence-electron chi connectivity index (χ2n) is 4.23. The zero-order chi connectivity index (χ0) is 13.5. The molecule has 1 amide bonds. The Bertz CT molecular complexity index is 412. The molecule has 0 aliphatic heterocycles. The topological polar surface area (TPSA) is 41.1 Å². The molecule has 18 heavy (non-hydrogen) atoms. The van der Waals surface area contributed by atoms with Crippen LogP contribution in [0.4, 0.5) is 4.39 Å². The maximum Gasteiger partial charge on any atom is 0.234 e. The Balaban J connectivity index is 2.33. The highest BCUT2D eigenvalue weighted by atomic mass is 35.5. The molecule has 1 rings (SSSR count). The third-order valence-corrected chi connectivity index (χ3v) is 2.91. The van der Waals surface area contributed by atoms with Gasteiger partial charge < -0.3 is 10.6 Å². The number of nitrogens with one attached hydrogen (secondary N) is 2. The Kier molecular flexibility index (Phi) is 6.09. The summed E-state index contributed by atoms with van der Waals surface area (Å²) in [5, 5.41) is 5.93. The van der Waals surface area contributed by atoms with Crippen LogP contribution in [0.2, 0.25) is 5.02 Å². The Morgan fingerprint density at radius 2 is 2.22 bits per heavy atom. The van der Waals surface area contributed by atoms with Crippen molar-refractivity contribution in [2.75, 3.05) is 6.54 Å². The molecular formula is C13H18ClFN2O. The molecule has 1 unspecified atom stereocenters. The average Bonchev–Trinajstić information content (AvgIpc) is 2.33. The Hall–Kier alpha value is -1.13. The fourth-order valence-corrected chi connectivity index (χ4v) is 1.60. The number of halogens is 2. The quantitative estimate of drug-likeness (QED) is 0.835. The lowest BCUT2D eigenvalue weighted by molar-refractivity contribution is -0.120. The Labute approximate surface area is 112 Å². The number of amides is 1. The summed E-state index contributed by atoms with van der Waals surface area (Å²) in [6, 6.07) is 4.69. The van der Waals surface area contributed by atoms with Gasteiger partial charge in [-0.1, -0.05) is 24.6 Å². The van der Waals surface area contributed by atoms with Gasteiger partial charge in [0.1, 0.15) is 5.82 Å². The summed E-state index contributed by atoms with van der Waals surface area (Å²) in [6.45, 7) is 4.68. The van der Waals surface area contributed by atoms with Gasteiger partial charge in [-0.05, 0) is 31.0 Å². The van der Waals surface area contributed by atoms with E-state index in [1.165, 1.54) is 6.07 Å². The molecule has 100 valence electrons. The van der Waals surface area contributed by atoms with Crippen LogP contribution in [0.1, 0.15) is 25.8 Å². The van der Waals surface area contributed by atoms with Gasteiger partial charge in [0.15, 0.2) is 0 Å². The average molecular weight is 273 g/mol. The third kappa shape index (κ3) is 5.02. The fourth-order valence-electron chi connectivity index (χ4n) is 1.40. The number of carbonyl (C=O) groups is 1. The zero-order valence-electron chi connectivity index (χ0n) is 10.6.